The molecule has 0 radical (unpaired) electrons. The van der Waals surface area contributed by atoms with Crippen molar-refractivity contribution in [2.75, 3.05) is 41.3 Å². The third kappa shape index (κ3) is 17.5. The molecule has 3 saturated heterocycles. The Labute approximate surface area is 443 Å². The maximum atomic E-state index is 14.2. The maximum absolute atomic E-state index is 14.2. The highest BCUT2D eigenvalue weighted by Crippen LogP contribution is 2.40. The van der Waals surface area contributed by atoms with Crippen molar-refractivity contribution in [3.05, 3.63) is 48.2 Å². The number of β-amino-alcohol motifs (C(OH)–C–C–N with tert-alkyl or cyclic N) is 1. The number of carbonyl (C=O) groups is 4. The van der Waals surface area contributed by atoms with Crippen molar-refractivity contribution in [1.82, 2.24) is 14.8 Å². The third-order valence-electron chi connectivity index (χ3n) is 14.7. The van der Waals surface area contributed by atoms with Crippen LogP contribution < -0.4 is 0 Å². The highest BCUT2D eigenvalue weighted by molar-refractivity contribution is 5.80. The van der Waals surface area contributed by atoms with Crippen LogP contribution in [0.3, 0.4) is 0 Å². The van der Waals surface area contributed by atoms with Gasteiger partial charge in [0.25, 0.3) is 0 Å². The van der Waals surface area contributed by atoms with Crippen LogP contribution in [0.5, 0.6) is 0 Å². The number of para-hydroxylation sites is 1. The molecule has 0 spiro atoms. The number of pyridine rings is 1. The zero-order valence-corrected chi connectivity index (χ0v) is 46.1. The first-order chi connectivity index (χ1) is 35.7. The van der Waals surface area contributed by atoms with Gasteiger partial charge in [-0.15, -0.1) is 0 Å². The number of carbonyl (C=O) groups excluding carboxylic acids is 4. The molecule has 17 atom stereocenters. The number of aliphatic hydroxyl groups is 3. The largest absolute Gasteiger partial charge is 0.462 e. The van der Waals surface area contributed by atoms with Crippen molar-refractivity contribution < 1.29 is 77.1 Å². The quantitative estimate of drug-likeness (QED) is 0.0658. The predicted octanol–water partition coefficient (Wildman–Crippen LogP) is 5.75. The zero-order chi connectivity index (χ0) is 55.0. The first kappa shape index (κ1) is 61.9. The fourth-order valence-corrected chi connectivity index (χ4v) is 10.7. The Morgan fingerprint density at radius 2 is 1.73 bits per heavy atom. The second-order valence-electron chi connectivity index (χ2n) is 21.1. The summed E-state index contributed by atoms with van der Waals surface area (Å²) in [5, 5.41) is 35.8. The number of cyclic esters (lactones) is 1. The van der Waals surface area contributed by atoms with Crippen LogP contribution in [0.15, 0.2) is 42.6 Å². The minimum absolute atomic E-state index is 0.0227. The van der Waals surface area contributed by atoms with Gasteiger partial charge in [0.2, 0.25) is 0 Å². The second-order valence-corrected chi connectivity index (χ2v) is 21.1. The van der Waals surface area contributed by atoms with Crippen LogP contribution >= 0.6 is 0 Å². The smallest absolute Gasteiger partial charge is 0.309 e. The van der Waals surface area contributed by atoms with Gasteiger partial charge in [-0.2, -0.15) is 0 Å². The lowest BCUT2D eigenvalue weighted by Gasteiger charge is -2.51. The molecule has 3 aliphatic heterocycles. The fraction of sp³-hybridized carbons (Fsp3) is 0.732. The normalized spacial score (nSPS) is 34.5. The molecule has 3 N–H and O–H groups in total. The van der Waals surface area contributed by atoms with E-state index in [9.17, 15) is 34.5 Å². The number of aldehydes is 1. The monoisotopic (exact) mass is 1060 g/mol. The number of methoxy groups -OCH3 is 1. The average molecular weight is 1060 g/mol. The second kappa shape index (κ2) is 29.7. The van der Waals surface area contributed by atoms with Crippen molar-refractivity contribution >= 4 is 41.2 Å². The molecule has 0 saturated carbocycles. The Kier molecular flexibility index (Phi) is 24.5. The zero-order valence-electron chi connectivity index (χ0n) is 46.1. The average Bonchev–Trinajstić information content (AvgIpc) is 3.35. The maximum Gasteiger partial charge on any atom is 0.309 e. The van der Waals surface area contributed by atoms with Gasteiger partial charge in [-0.3, -0.25) is 19.4 Å². The molecule has 0 bridgehead atoms. The number of ether oxygens (including phenoxy) is 9. The van der Waals surface area contributed by atoms with Gasteiger partial charge in [-0.05, 0) is 104 Å². The standard InChI is InChI=1S/C56H87N3O16/c1-12-19-46(64)72-54-36(6)68-48(31-56(54,7)75-45(63)14-3)73-51-35(5)69-55(50(66)49(51)58(8)9)74-52-39(25-27-60)28-34(4)42(61)33-59(10)26-18-23-40(70-47(65)30-43(53(52)67-11)71-44(62)13-2)22-17-20-37-29-38-21-15-16-24-41(38)57-32-37/h15-17,20-21,24,27,29,32,34-36,39-40,42-43,46,48-55,61,64,66H,12-14,18-19,22-23,25-26,28,30-31,33H2,1-11H3/b20-17+/t34-,35?,36?,39+,40+,42+,43-,46?,48+,49?,50?,51-,52+,53+,54-,55+,56?/m1/s1. The van der Waals surface area contributed by atoms with E-state index in [4.69, 9.17) is 42.6 Å². The van der Waals surface area contributed by atoms with E-state index in [0.29, 0.717) is 45.2 Å². The van der Waals surface area contributed by atoms with Gasteiger partial charge < -0.3 is 72.5 Å². The van der Waals surface area contributed by atoms with Gasteiger partial charge in [0, 0.05) is 57.3 Å². The molecule has 5 rings (SSSR count). The Morgan fingerprint density at radius 3 is 2.41 bits per heavy atom. The lowest BCUT2D eigenvalue weighted by atomic mass is 9.82. The fourth-order valence-electron chi connectivity index (χ4n) is 10.7. The Balaban J connectivity index is 1.45. The number of aromatic nitrogens is 1. The molecule has 422 valence electrons. The lowest BCUT2D eigenvalue weighted by Crippen LogP contribution is -2.66. The van der Waals surface area contributed by atoms with E-state index in [-0.39, 0.29) is 38.0 Å². The van der Waals surface area contributed by atoms with Gasteiger partial charge in [0.05, 0.1) is 42.4 Å². The third-order valence-corrected chi connectivity index (χ3v) is 14.7. The van der Waals surface area contributed by atoms with Crippen molar-refractivity contribution in [1.29, 1.82) is 0 Å². The van der Waals surface area contributed by atoms with Crippen LogP contribution in [0.4, 0.5) is 0 Å². The van der Waals surface area contributed by atoms with E-state index in [2.05, 4.69) is 4.98 Å². The first-order valence-corrected chi connectivity index (χ1v) is 27.0. The van der Waals surface area contributed by atoms with Crippen molar-refractivity contribution in [2.45, 2.75) is 211 Å². The number of hydrogen-bond acceptors (Lipinski definition) is 19. The summed E-state index contributed by atoms with van der Waals surface area (Å²) in [4.78, 5) is 61.4. The SMILES string of the molecule is CCCC(O)O[C@@H]1C(C)O[C@@H](O[C@@H]2C(C)O[C@@H](O[C@H]3[C@@H](CC=O)C[C@@H](C)[C@@H](O)CN(C)CCC[C@H](C/C=C/c4cnc5ccccc5c4)OC(=O)C[C@@H](OC(=O)CC)[C@@H]3OC)C(O)C2N(C)C)CC1(C)OC(=O)CC. The van der Waals surface area contributed by atoms with Crippen molar-refractivity contribution in [3.8, 4) is 0 Å². The van der Waals surface area contributed by atoms with Crippen LogP contribution in [-0.2, 0) is 61.8 Å². The number of nitrogens with zero attached hydrogens (tertiary/aromatic N) is 3. The van der Waals surface area contributed by atoms with E-state index >= 15 is 0 Å². The number of rotatable bonds is 19. The molecule has 1 aromatic heterocycles. The van der Waals surface area contributed by atoms with E-state index in [0.717, 1.165) is 22.8 Å². The highest BCUT2D eigenvalue weighted by atomic mass is 16.7. The molecule has 19 heteroatoms. The number of likely N-dealkylation sites (N-methyl/N-ethyl adjacent to an activating group) is 2. The van der Waals surface area contributed by atoms with Crippen LogP contribution in [0, 0.1) is 11.8 Å². The Hall–Kier alpha value is -3.99. The van der Waals surface area contributed by atoms with E-state index < -0.39 is 122 Å². The number of benzene rings is 1. The summed E-state index contributed by atoms with van der Waals surface area (Å²) in [6, 6.07) is 9.05. The molecule has 1 aromatic carbocycles. The van der Waals surface area contributed by atoms with Gasteiger partial charge in [0.1, 0.15) is 48.5 Å². The van der Waals surface area contributed by atoms with Gasteiger partial charge in [-0.25, -0.2) is 0 Å². The number of esters is 3. The summed E-state index contributed by atoms with van der Waals surface area (Å²) in [7, 11) is 6.85. The molecule has 0 amide bonds. The van der Waals surface area contributed by atoms with E-state index in [1.165, 1.54) is 7.11 Å². The van der Waals surface area contributed by atoms with Crippen LogP contribution in [0.2, 0.25) is 0 Å². The minimum Gasteiger partial charge on any atom is -0.462 e. The van der Waals surface area contributed by atoms with E-state index in [1.54, 1.807) is 59.8 Å². The van der Waals surface area contributed by atoms with Crippen LogP contribution in [-0.4, -0.2) is 187 Å². The van der Waals surface area contributed by atoms with Crippen molar-refractivity contribution in [2.24, 2.45) is 11.8 Å². The van der Waals surface area contributed by atoms with Gasteiger partial charge in [0.15, 0.2) is 18.9 Å². The summed E-state index contributed by atoms with van der Waals surface area (Å²) in [6.07, 6.45) is -4.39. The van der Waals surface area contributed by atoms with Crippen LogP contribution in [0.1, 0.15) is 125 Å². The minimum atomic E-state index is -1.43. The van der Waals surface area contributed by atoms with Gasteiger partial charge in [-0.1, -0.05) is 64.5 Å². The number of fused-ring (bicyclic) bond motifs is 1. The molecular formula is C56H87N3O16. The molecule has 2 aromatic rings. The molecule has 3 fully saturated rings. The molecule has 4 heterocycles. The summed E-state index contributed by atoms with van der Waals surface area (Å²) in [5.74, 6) is -2.83. The summed E-state index contributed by atoms with van der Waals surface area (Å²) in [5.41, 5.74) is 0.496. The summed E-state index contributed by atoms with van der Waals surface area (Å²) < 4.78 is 57.0. The highest BCUT2D eigenvalue weighted by Gasteiger charge is 2.54. The molecule has 0 aliphatic carbocycles. The molecule has 6 unspecified atom stereocenters. The van der Waals surface area contributed by atoms with Gasteiger partial charge >= 0.3 is 17.9 Å². The summed E-state index contributed by atoms with van der Waals surface area (Å²) >= 11 is 0. The van der Waals surface area contributed by atoms with E-state index in [1.807, 2.05) is 68.3 Å². The topological polar surface area (TPSA) is 231 Å². The number of hydrogen-bond donors (Lipinski definition) is 3. The molecule has 75 heavy (non-hydrogen) atoms. The Bertz CT molecular complexity index is 2130. The molecule has 19 nitrogen and oxygen atoms in total. The van der Waals surface area contributed by atoms with Crippen molar-refractivity contribution in [3.63, 3.8) is 0 Å². The summed E-state index contributed by atoms with van der Waals surface area (Å²) in [6.45, 7) is 13.3. The van der Waals surface area contributed by atoms with Crippen LogP contribution in [0.25, 0.3) is 17.0 Å². The molecular weight excluding hydrogens is 971 g/mol. The lowest BCUT2D eigenvalue weighted by molar-refractivity contribution is -0.351. The molecule has 3 aliphatic rings. The number of aliphatic hydroxyl groups excluding tert-OH is 3. The Morgan fingerprint density at radius 1 is 1.00 bits per heavy atom. The predicted molar refractivity (Wildman–Crippen MR) is 279 cm³/mol. The first-order valence-electron chi connectivity index (χ1n) is 27.0.